The fourth-order valence-electron chi connectivity index (χ4n) is 2.59. The van der Waals surface area contributed by atoms with Gasteiger partial charge in [-0.2, -0.15) is 5.10 Å². The summed E-state index contributed by atoms with van der Waals surface area (Å²) in [5.41, 5.74) is 7.49. The zero-order chi connectivity index (χ0) is 12.7. The smallest absolute Gasteiger partial charge is 0.163 e. The largest absolute Gasteiger partial charge is 0.383 e. The van der Waals surface area contributed by atoms with E-state index in [1.54, 1.807) is 0 Å². The molecule has 3 rings (SSSR count). The van der Waals surface area contributed by atoms with Crippen LogP contribution in [-0.4, -0.2) is 25.5 Å². The van der Waals surface area contributed by atoms with Crippen molar-refractivity contribution >= 4 is 22.6 Å². The van der Waals surface area contributed by atoms with Crippen LogP contribution in [0.5, 0.6) is 0 Å². The van der Waals surface area contributed by atoms with Crippen molar-refractivity contribution in [2.24, 2.45) is 0 Å². The Morgan fingerprint density at radius 1 is 1.33 bits per heavy atom. The van der Waals surface area contributed by atoms with Crippen LogP contribution in [0, 0.1) is 6.92 Å². The van der Waals surface area contributed by atoms with Gasteiger partial charge in [0.05, 0.1) is 17.1 Å². The molecule has 2 aromatic rings. The monoisotopic (exact) mass is 245 g/mol. The number of nitrogens with two attached hydrogens (primary N) is 1. The lowest BCUT2D eigenvalue weighted by atomic mass is 9.94. The summed E-state index contributed by atoms with van der Waals surface area (Å²) in [5.74, 6) is 0.809. The number of nitrogen functional groups attached to an aromatic ring is 1. The van der Waals surface area contributed by atoms with Crippen molar-refractivity contribution in [3.8, 4) is 0 Å². The Morgan fingerprint density at radius 2 is 2.06 bits per heavy atom. The predicted octanol–water partition coefficient (Wildman–Crippen LogP) is 1.40. The van der Waals surface area contributed by atoms with Gasteiger partial charge in [-0.3, -0.25) is 4.79 Å². The highest BCUT2D eigenvalue weighted by Gasteiger charge is 2.24. The van der Waals surface area contributed by atoms with E-state index in [4.69, 9.17) is 5.73 Å². The molecule has 18 heavy (non-hydrogen) atoms. The number of carbonyl (C=O) groups excluding carboxylic acids is 1. The lowest BCUT2D eigenvalue weighted by Crippen LogP contribution is -2.19. The quantitative estimate of drug-likeness (QED) is 0.820. The van der Waals surface area contributed by atoms with E-state index < -0.39 is 0 Å². The lowest BCUT2D eigenvalue weighted by molar-refractivity contribution is -0.120. The van der Waals surface area contributed by atoms with Crippen LogP contribution in [0.3, 0.4) is 0 Å². The number of Topliss-reactive ketones (excluding diaryl/α,β-unsaturated/α-hetero) is 1. The van der Waals surface area contributed by atoms with E-state index in [9.17, 15) is 4.79 Å². The first-order chi connectivity index (χ1) is 8.66. The molecule has 6 heteroatoms. The normalized spacial score (nSPS) is 17.5. The zero-order valence-corrected chi connectivity index (χ0v) is 10.3. The number of ketones is 1. The molecule has 0 saturated heterocycles. The Morgan fingerprint density at radius 3 is 2.78 bits per heavy atom. The first kappa shape index (κ1) is 11.1. The maximum Gasteiger partial charge on any atom is 0.163 e. The highest BCUT2D eigenvalue weighted by molar-refractivity contribution is 5.88. The Balaban J connectivity index is 2.07. The summed E-state index contributed by atoms with van der Waals surface area (Å²) in [6.45, 7) is 1.91. The van der Waals surface area contributed by atoms with Crippen molar-refractivity contribution in [1.29, 1.82) is 0 Å². The van der Waals surface area contributed by atoms with Gasteiger partial charge in [-0.1, -0.05) is 0 Å². The standard InChI is InChI=1S/C12H15N5O/c1-7-10-11(13)14-6-15-12(10)17(16-7)8-2-4-9(18)5-3-8/h6,8H,2-5H2,1H3,(H2,13,14,15). The van der Waals surface area contributed by atoms with E-state index in [1.807, 2.05) is 11.6 Å². The third-order valence-corrected chi connectivity index (χ3v) is 3.55. The molecule has 0 atom stereocenters. The van der Waals surface area contributed by atoms with Crippen LogP contribution in [-0.2, 0) is 4.79 Å². The van der Waals surface area contributed by atoms with Crippen molar-refractivity contribution in [3.05, 3.63) is 12.0 Å². The van der Waals surface area contributed by atoms with E-state index in [0.717, 1.165) is 29.6 Å². The van der Waals surface area contributed by atoms with Gasteiger partial charge in [0.15, 0.2) is 5.65 Å². The minimum atomic E-state index is 0.244. The molecule has 1 fully saturated rings. The molecular weight excluding hydrogens is 230 g/mol. The molecule has 1 saturated carbocycles. The van der Waals surface area contributed by atoms with Crippen LogP contribution in [0.1, 0.15) is 37.4 Å². The number of nitrogens with zero attached hydrogens (tertiary/aromatic N) is 4. The van der Waals surface area contributed by atoms with Crippen LogP contribution >= 0.6 is 0 Å². The summed E-state index contributed by atoms with van der Waals surface area (Å²) < 4.78 is 1.91. The Kier molecular flexibility index (Phi) is 2.50. The van der Waals surface area contributed by atoms with Gasteiger partial charge in [-0.25, -0.2) is 14.6 Å². The minimum absolute atomic E-state index is 0.244. The molecule has 1 aliphatic rings. The fourth-order valence-corrected chi connectivity index (χ4v) is 2.59. The van der Waals surface area contributed by atoms with E-state index in [1.165, 1.54) is 6.33 Å². The van der Waals surface area contributed by atoms with Gasteiger partial charge >= 0.3 is 0 Å². The molecule has 0 amide bonds. The summed E-state index contributed by atoms with van der Waals surface area (Å²) >= 11 is 0. The van der Waals surface area contributed by atoms with Crippen molar-refractivity contribution in [2.45, 2.75) is 38.6 Å². The fraction of sp³-hybridized carbons (Fsp3) is 0.500. The molecule has 2 N–H and O–H groups in total. The second-order valence-electron chi connectivity index (χ2n) is 4.76. The van der Waals surface area contributed by atoms with Gasteiger partial charge in [0, 0.05) is 12.8 Å². The molecule has 0 bridgehead atoms. The van der Waals surface area contributed by atoms with Crippen molar-refractivity contribution in [3.63, 3.8) is 0 Å². The molecule has 0 unspecified atom stereocenters. The zero-order valence-electron chi connectivity index (χ0n) is 10.3. The van der Waals surface area contributed by atoms with Crippen LogP contribution in [0.15, 0.2) is 6.33 Å². The molecule has 0 radical (unpaired) electrons. The molecule has 0 aromatic carbocycles. The Bertz CT molecular complexity index is 608. The number of aromatic nitrogens is 4. The molecule has 6 nitrogen and oxygen atoms in total. The third-order valence-electron chi connectivity index (χ3n) is 3.55. The van der Waals surface area contributed by atoms with Crippen LogP contribution in [0.25, 0.3) is 11.0 Å². The van der Waals surface area contributed by atoms with Gasteiger partial charge in [0.1, 0.15) is 17.9 Å². The van der Waals surface area contributed by atoms with E-state index in [0.29, 0.717) is 24.4 Å². The van der Waals surface area contributed by atoms with Gasteiger partial charge in [-0.15, -0.1) is 0 Å². The minimum Gasteiger partial charge on any atom is -0.383 e. The topological polar surface area (TPSA) is 86.7 Å². The summed E-state index contributed by atoms with van der Waals surface area (Å²) in [4.78, 5) is 19.6. The Labute approximate surface area is 104 Å². The van der Waals surface area contributed by atoms with Crippen LogP contribution in [0.4, 0.5) is 5.82 Å². The van der Waals surface area contributed by atoms with Crippen molar-refractivity contribution in [1.82, 2.24) is 19.7 Å². The van der Waals surface area contributed by atoms with Gasteiger partial charge in [0.2, 0.25) is 0 Å². The molecule has 2 aromatic heterocycles. The first-order valence-corrected chi connectivity index (χ1v) is 6.14. The van der Waals surface area contributed by atoms with E-state index >= 15 is 0 Å². The summed E-state index contributed by atoms with van der Waals surface area (Å²) in [6.07, 6.45) is 4.39. The summed E-state index contributed by atoms with van der Waals surface area (Å²) in [7, 11) is 0. The second-order valence-corrected chi connectivity index (χ2v) is 4.76. The lowest BCUT2D eigenvalue weighted by Gasteiger charge is -2.21. The predicted molar refractivity (Wildman–Crippen MR) is 67.0 cm³/mol. The molecule has 94 valence electrons. The highest BCUT2D eigenvalue weighted by atomic mass is 16.1. The van der Waals surface area contributed by atoms with Crippen molar-refractivity contribution in [2.75, 3.05) is 5.73 Å². The maximum atomic E-state index is 11.3. The summed E-state index contributed by atoms with van der Waals surface area (Å²) in [6, 6.07) is 0.244. The molecule has 0 aliphatic heterocycles. The highest BCUT2D eigenvalue weighted by Crippen LogP contribution is 2.30. The van der Waals surface area contributed by atoms with Crippen molar-refractivity contribution < 1.29 is 4.79 Å². The summed E-state index contributed by atoms with van der Waals surface area (Å²) in [5, 5.41) is 5.35. The van der Waals surface area contributed by atoms with E-state index in [2.05, 4.69) is 15.1 Å². The molecule has 2 heterocycles. The van der Waals surface area contributed by atoms with Gasteiger partial charge in [0.25, 0.3) is 0 Å². The van der Waals surface area contributed by atoms with Gasteiger partial charge in [-0.05, 0) is 19.8 Å². The number of carbonyl (C=O) groups is 1. The molecule has 0 spiro atoms. The maximum absolute atomic E-state index is 11.3. The molecule has 1 aliphatic carbocycles. The number of rotatable bonds is 1. The Hall–Kier alpha value is -1.98. The average molecular weight is 245 g/mol. The number of aryl methyl sites for hydroxylation is 1. The average Bonchev–Trinajstić information content (AvgIpc) is 2.69. The number of hydrogen-bond donors (Lipinski definition) is 1. The second kappa shape index (κ2) is 4.04. The first-order valence-electron chi connectivity index (χ1n) is 6.14. The number of fused-ring (bicyclic) bond motifs is 1. The SMILES string of the molecule is Cc1nn(C2CCC(=O)CC2)c2ncnc(N)c12. The van der Waals surface area contributed by atoms with Crippen LogP contribution < -0.4 is 5.73 Å². The number of hydrogen-bond acceptors (Lipinski definition) is 5. The third kappa shape index (κ3) is 1.64. The number of anilines is 1. The van der Waals surface area contributed by atoms with Crippen LogP contribution in [0.2, 0.25) is 0 Å². The molecular formula is C12H15N5O. The van der Waals surface area contributed by atoms with E-state index in [-0.39, 0.29) is 6.04 Å². The van der Waals surface area contributed by atoms with Gasteiger partial charge < -0.3 is 5.73 Å².